The average Bonchev–Trinajstić information content (AvgIpc) is 2.97. The summed E-state index contributed by atoms with van der Waals surface area (Å²) in [6.07, 6.45) is -9.43. The average molecular weight is 616 g/mol. The highest BCUT2D eigenvalue weighted by Gasteiger charge is 2.46. The highest BCUT2D eigenvalue weighted by molar-refractivity contribution is 5.91. The van der Waals surface area contributed by atoms with Crippen LogP contribution in [0.3, 0.4) is 0 Å². The lowest BCUT2D eigenvalue weighted by Gasteiger charge is -2.39. The van der Waals surface area contributed by atoms with Gasteiger partial charge in [0.15, 0.2) is 34.5 Å². The topological polar surface area (TPSA) is 277 Å². The van der Waals surface area contributed by atoms with Crippen molar-refractivity contribution in [2.75, 3.05) is 6.61 Å². The van der Waals surface area contributed by atoms with Crippen molar-refractivity contribution in [2.45, 2.75) is 30.7 Å². The van der Waals surface area contributed by atoms with Crippen LogP contribution in [0.25, 0.3) is 22.3 Å². The Balaban J connectivity index is 1.48. The Morgan fingerprint density at radius 2 is 1.45 bits per heavy atom. The number of fused-ring (bicyclic) bond motifs is 1. The number of carbonyl (C=O) groups excluding carboxylic acids is 1. The van der Waals surface area contributed by atoms with Gasteiger partial charge in [-0.2, -0.15) is 0 Å². The number of phenols is 7. The molecule has 0 bridgehead atoms. The standard InChI is InChI=1S/C28H24O16/c29-11-6-14(32)19-17(7-11)42-25(9-1-2-12(30)13(31)3-9)26(22(19)37)44-28-24(39)23(38)21(36)18(43-28)8-41-27(40)10-4-15(33)20(35)16(34)5-10/h1-7,18,21,23-24,28-36,38-39H,8H2/t18-,21+,23+,24-,28-/m1/s1. The maximum absolute atomic E-state index is 13.5. The van der Waals surface area contributed by atoms with E-state index in [4.69, 9.17) is 18.6 Å². The predicted molar refractivity (Wildman–Crippen MR) is 144 cm³/mol. The maximum Gasteiger partial charge on any atom is 0.338 e. The van der Waals surface area contributed by atoms with Crippen LogP contribution >= 0.6 is 0 Å². The van der Waals surface area contributed by atoms with Crippen LogP contribution in [0.15, 0.2) is 51.7 Å². The smallest absolute Gasteiger partial charge is 0.338 e. The molecule has 5 atom stereocenters. The summed E-state index contributed by atoms with van der Waals surface area (Å²) in [5.74, 6) is -7.19. The molecule has 16 nitrogen and oxygen atoms in total. The molecule has 3 aromatic carbocycles. The van der Waals surface area contributed by atoms with E-state index in [0.717, 1.165) is 36.4 Å². The van der Waals surface area contributed by atoms with Gasteiger partial charge in [0.2, 0.25) is 17.5 Å². The zero-order valence-corrected chi connectivity index (χ0v) is 22.1. The summed E-state index contributed by atoms with van der Waals surface area (Å²) < 4.78 is 21.9. The summed E-state index contributed by atoms with van der Waals surface area (Å²) >= 11 is 0. The molecule has 1 aliphatic rings. The zero-order valence-electron chi connectivity index (χ0n) is 22.1. The summed E-state index contributed by atoms with van der Waals surface area (Å²) in [6.45, 7) is -0.795. The summed E-state index contributed by atoms with van der Waals surface area (Å²) in [5, 5.41) is 99.8. The first kappa shape index (κ1) is 30.1. The first-order valence-electron chi connectivity index (χ1n) is 12.6. The van der Waals surface area contributed by atoms with E-state index >= 15 is 0 Å². The van der Waals surface area contributed by atoms with Crippen LogP contribution in [0.2, 0.25) is 0 Å². The van der Waals surface area contributed by atoms with Crippen LogP contribution < -0.4 is 10.2 Å². The van der Waals surface area contributed by atoms with E-state index in [-0.39, 0.29) is 11.1 Å². The predicted octanol–water partition coefficient (Wildman–Crippen LogP) is 0.443. The quantitative estimate of drug-likeness (QED) is 0.104. The van der Waals surface area contributed by atoms with Crippen LogP contribution in [0.4, 0.5) is 0 Å². The number of aliphatic hydroxyl groups excluding tert-OH is 3. The molecule has 0 aliphatic carbocycles. The summed E-state index contributed by atoms with van der Waals surface area (Å²) in [6, 6.07) is 6.70. The van der Waals surface area contributed by atoms with Crippen molar-refractivity contribution in [1.82, 2.24) is 0 Å². The van der Waals surface area contributed by atoms with Crippen molar-refractivity contribution < 1.29 is 74.5 Å². The number of ether oxygens (including phenoxy) is 3. The fourth-order valence-electron chi connectivity index (χ4n) is 4.46. The Bertz CT molecular complexity index is 1790. The number of hydrogen-bond donors (Lipinski definition) is 10. The van der Waals surface area contributed by atoms with Gasteiger partial charge in [0.1, 0.15) is 53.5 Å². The second-order valence-corrected chi connectivity index (χ2v) is 9.73. The van der Waals surface area contributed by atoms with Crippen molar-refractivity contribution in [3.63, 3.8) is 0 Å². The van der Waals surface area contributed by atoms with E-state index in [1.54, 1.807) is 0 Å². The number of benzene rings is 3. The largest absolute Gasteiger partial charge is 0.508 e. The van der Waals surface area contributed by atoms with Gasteiger partial charge in [-0.15, -0.1) is 0 Å². The molecule has 0 spiro atoms. The van der Waals surface area contributed by atoms with E-state index in [1.165, 1.54) is 6.07 Å². The van der Waals surface area contributed by atoms with Crippen LogP contribution in [0.1, 0.15) is 10.4 Å². The third-order valence-corrected chi connectivity index (χ3v) is 6.74. The number of phenolic OH excluding ortho intramolecular Hbond substituents is 7. The lowest BCUT2D eigenvalue weighted by molar-refractivity contribution is -0.277. The second kappa shape index (κ2) is 11.3. The minimum Gasteiger partial charge on any atom is -0.508 e. The molecule has 5 rings (SSSR count). The lowest BCUT2D eigenvalue weighted by atomic mass is 9.99. The highest BCUT2D eigenvalue weighted by Crippen LogP contribution is 2.40. The minimum atomic E-state index is -2.02. The van der Waals surface area contributed by atoms with Crippen molar-refractivity contribution in [3.8, 4) is 57.3 Å². The van der Waals surface area contributed by atoms with Crippen molar-refractivity contribution in [1.29, 1.82) is 0 Å². The number of hydrogen-bond acceptors (Lipinski definition) is 16. The van der Waals surface area contributed by atoms with Gasteiger partial charge in [-0.25, -0.2) is 4.79 Å². The highest BCUT2D eigenvalue weighted by atomic mass is 16.7. The molecule has 0 radical (unpaired) electrons. The maximum atomic E-state index is 13.5. The lowest BCUT2D eigenvalue weighted by Crippen LogP contribution is -2.60. The Kier molecular flexibility index (Phi) is 7.75. The Morgan fingerprint density at radius 3 is 2.11 bits per heavy atom. The van der Waals surface area contributed by atoms with Crippen LogP contribution in [0.5, 0.6) is 46.0 Å². The summed E-state index contributed by atoms with van der Waals surface area (Å²) in [7, 11) is 0. The molecule has 232 valence electrons. The van der Waals surface area contributed by atoms with E-state index < -0.39 is 111 Å². The molecule has 2 heterocycles. The molecule has 10 N–H and O–H groups in total. The van der Waals surface area contributed by atoms with E-state index in [2.05, 4.69) is 0 Å². The molecule has 0 amide bonds. The number of aromatic hydroxyl groups is 7. The van der Waals surface area contributed by atoms with Crippen molar-refractivity contribution in [2.24, 2.45) is 0 Å². The van der Waals surface area contributed by atoms with Gasteiger partial charge in [-0.05, 0) is 30.3 Å². The van der Waals surface area contributed by atoms with Crippen LogP contribution in [-0.2, 0) is 9.47 Å². The van der Waals surface area contributed by atoms with E-state index in [1.807, 2.05) is 0 Å². The monoisotopic (exact) mass is 616 g/mol. The van der Waals surface area contributed by atoms with Gasteiger partial charge >= 0.3 is 5.97 Å². The van der Waals surface area contributed by atoms with Gasteiger partial charge < -0.3 is 69.7 Å². The molecule has 1 aromatic heterocycles. The molecule has 16 heteroatoms. The first-order valence-corrected chi connectivity index (χ1v) is 12.6. The van der Waals surface area contributed by atoms with Gasteiger partial charge in [0, 0.05) is 17.7 Å². The molecular formula is C28H24O16. The van der Waals surface area contributed by atoms with Crippen molar-refractivity contribution in [3.05, 3.63) is 58.3 Å². The molecule has 1 fully saturated rings. The fraction of sp³-hybridized carbons (Fsp3) is 0.214. The molecule has 44 heavy (non-hydrogen) atoms. The molecular weight excluding hydrogens is 592 g/mol. The number of esters is 1. The van der Waals surface area contributed by atoms with Crippen LogP contribution in [0, 0.1) is 0 Å². The van der Waals surface area contributed by atoms with E-state index in [9.17, 15) is 60.7 Å². The Hall–Kier alpha value is -5.42. The third-order valence-electron chi connectivity index (χ3n) is 6.74. The molecule has 1 saturated heterocycles. The number of carbonyl (C=O) groups is 1. The van der Waals surface area contributed by atoms with Gasteiger partial charge in [0.25, 0.3) is 0 Å². The Morgan fingerprint density at radius 1 is 0.773 bits per heavy atom. The normalized spacial score (nSPS) is 21.7. The Labute approximate surface area is 244 Å². The summed E-state index contributed by atoms with van der Waals surface area (Å²) in [4.78, 5) is 26.0. The number of rotatable bonds is 6. The zero-order chi connectivity index (χ0) is 32.0. The molecule has 1 aliphatic heterocycles. The number of aliphatic hydroxyl groups is 3. The first-order chi connectivity index (χ1) is 20.8. The van der Waals surface area contributed by atoms with Gasteiger partial charge in [-0.1, -0.05) is 0 Å². The van der Waals surface area contributed by atoms with Gasteiger partial charge in [0.05, 0.1) is 5.56 Å². The fourth-order valence-corrected chi connectivity index (χ4v) is 4.46. The van der Waals surface area contributed by atoms with Crippen LogP contribution in [-0.4, -0.2) is 94.3 Å². The second-order valence-electron chi connectivity index (χ2n) is 9.73. The summed E-state index contributed by atoms with van der Waals surface area (Å²) in [5.41, 5.74) is -1.84. The van der Waals surface area contributed by atoms with Crippen molar-refractivity contribution >= 4 is 16.9 Å². The molecule has 0 unspecified atom stereocenters. The van der Waals surface area contributed by atoms with E-state index in [0.29, 0.717) is 0 Å². The molecule has 4 aromatic rings. The molecule has 0 saturated carbocycles. The SMILES string of the molecule is O=C(OC[C@H]1O[C@H](Oc2c(-c3ccc(O)c(O)c3)oc3cc(O)cc(O)c3c2=O)[C@H](O)[C@@H](O)[C@H]1O)c1cc(O)c(O)c(O)c1. The van der Waals surface area contributed by atoms with Gasteiger partial charge in [-0.3, -0.25) is 4.79 Å². The third kappa shape index (κ3) is 5.40. The minimum absolute atomic E-state index is 0.0612.